The quantitative estimate of drug-likeness (QED) is 0.836. The SMILES string of the molecule is CNC(=O)NC(=O)COc1ccc(Cl)cc1. The lowest BCUT2D eigenvalue weighted by Gasteiger charge is -2.06. The predicted molar refractivity (Wildman–Crippen MR) is 59.5 cm³/mol. The summed E-state index contributed by atoms with van der Waals surface area (Å²) in [6.45, 7) is -0.227. The van der Waals surface area contributed by atoms with Crippen LogP contribution in [-0.2, 0) is 4.79 Å². The average molecular weight is 243 g/mol. The smallest absolute Gasteiger partial charge is 0.321 e. The predicted octanol–water partition coefficient (Wildman–Crippen LogP) is 1.17. The first-order valence-corrected chi connectivity index (χ1v) is 4.89. The largest absolute Gasteiger partial charge is 0.484 e. The van der Waals surface area contributed by atoms with Crippen LogP contribution in [0, 0.1) is 0 Å². The standard InChI is InChI=1S/C10H11ClN2O3/c1-12-10(15)13-9(14)6-16-8-4-2-7(11)3-5-8/h2-5H,6H2,1H3,(H2,12,13,14,15). The Kier molecular flexibility index (Phi) is 4.60. The van der Waals surface area contributed by atoms with Crippen molar-refractivity contribution in [2.45, 2.75) is 0 Å². The van der Waals surface area contributed by atoms with Crippen LogP contribution in [0.5, 0.6) is 5.75 Å². The minimum Gasteiger partial charge on any atom is -0.484 e. The minimum absolute atomic E-state index is 0.227. The molecule has 0 saturated carbocycles. The lowest BCUT2D eigenvalue weighted by Crippen LogP contribution is -2.39. The van der Waals surface area contributed by atoms with Crippen LogP contribution < -0.4 is 15.4 Å². The molecule has 0 heterocycles. The topological polar surface area (TPSA) is 67.4 Å². The van der Waals surface area contributed by atoms with Gasteiger partial charge in [0, 0.05) is 12.1 Å². The van der Waals surface area contributed by atoms with Crippen LogP contribution in [0.4, 0.5) is 4.79 Å². The number of imide groups is 1. The second kappa shape index (κ2) is 5.97. The van der Waals surface area contributed by atoms with Gasteiger partial charge in [0.25, 0.3) is 5.91 Å². The monoisotopic (exact) mass is 242 g/mol. The summed E-state index contributed by atoms with van der Waals surface area (Å²) in [5.41, 5.74) is 0. The van der Waals surface area contributed by atoms with E-state index in [-0.39, 0.29) is 6.61 Å². The van der Waals surface area contributed by atoms with E-state index in [9.17, 15) is 9.59 Å². The molecule has 3 amide bonds. The normalized spacial score (nSPS) is 9.38. The van der Waals surface area contributed by atoms with Gasteiger partial charge in [0.1, 0.15) is 5.75 Å². The number of urea groups is 1. The van der Waals surface area contributed by atoms with Crippen molar-refractivity contribution in [1.29, 1.82) is 0 Å². The maximum Gasteiger partial charge on any atom is 0.321 e. The Hall–Kier alpha value is -1.75. The van der Waals surface area contributed by atoms with Crippen LogP contribution in [0.25, 0.3) is 0 Å². The van der Waals surface area contributed by atoms with Crippen molar-refractivity contribution >= 4 is 23.5 Å². The number of halogens is 1. The van der Waals surface area contributed by atoms with Crippen LogP contribution in [0.15, 0.2) is 24.3 Å². The summed E-state index contributed by atoms with van der Waals surface area (Å²) in [7, 11) is 1.42. The molecule has 0 aliphatic carbocycles. The number of carbonyl (C=O) groups excluding carboxylic acids is 2. The van der Waals surface area contributed by atoms with Crippen molar-refractivity contribution in [3.63, 3.8) is 0 Å². The Bertz CT molecular complexity index is 378. The maximum absolute atomic E-state index is 11.1. The highest BCUT2D eigenvalue weighted by Gasteiger charge is 2.06. The van der Waals surface area contributed by atoms with Crippen molar-refractivity contribution in [3.05, 3.63) is 29.3 Å². The summed E-state index contributed by atoms with van der Waals surface area (Å²) in [5, 5.41) is 4.91. The van der Waals surface area contributed by atoms with Gasteiger partial charge in [-0.15, -0.1) is 0 Å². The number of benzene rings is 1. The van der Waals surface area contributed by atoms with Gasteiger partial charge in [-0.05, 0) is 24.3 Å². The van der Waals surface area contributed by atoms with E-state index in [2.05, 4.69) is 10.6 Å². The van der Waals surface area contributed by atoms with E-state index in [1.807, 2.05) is 0 Å². The number of rotatable bonds is 3. The van der Waals surface area contributed by atoms with Crippen LogP contribution in [0.2, 0.25) is 5.02 Å². The highest BCUT2D eigenvalue weighted by molar-refractivity contribution is 6.30. The van der Waals surface area contributed by atoms with Gasteiger partial charge in [-0.2, -0.15) is 0 Å². The fourth-order valence-electron chi connectivity index (χ4n) is 0.905. The summed E-state index contributed by atoms with van der Waals surface area (Å²) in [6.07, 6.45) is 0. The summed E-state index contributed by atoms with van der Waals surface area (Å²) >= 11 is 5.67. The Morgan fingerprint density at radius 1 is 1.31 bits per heavy atom. The number of carbonyl (C=O) groups is 2. The van der Waals surface area contributed by atoms with E-state index >= 15 is 0 Å². The van der Waals surface area contributed by atoms with E-state index < -0.39 is 11.9 Å². The first-order valence-electron chi connectivity index (χ1n) is 4.51. The van der Waals surface area contributed by atoms with Gasteiger partial charge in [0.2, 0.25) is 0 Å². The lowest BCUT2D eigenvalue weighted by molar-refractivity contribution is -0.121. The lowest BCUT2D eigenvalue weighted by atomic mass is 10.3. The molecule has 2 N–H and O–H groups in total. The third-order valence-corrected chi connectivity index (χ3v) is 1.92. The van der Waals surface area contributed by atoms with Gasteiger partial charge in [-0.25, -0.2) is 4.79 Å². The fraction of sp³-hybridized carbons (Fsp3) is 0.200. The average Bonchev–Trinajstić information content (AvgIpc) is 2.28. The Balaban J connectivity index is 2.37. The molecule has 0 bridgehead atoms. The van der Waals surface area contributed by atoms with E-state index in [0.29, 0.717) is 10.8 Å². The van der Waals surface area contributed by atoms with Crippen molar-refractivity contribution < 1.29 is 14.3 Å². The molecule has 1 rings (SSSR count). The molecule has 0 unspecified atom stereocenters. The molecule has 0 aromatic heterocycles. The molecule has 0 radical (unpaired) electrons. The molecule has 0 aliphatic rings. The Morgan fingerprint density at radius 2 is 1.94 bits per heavy atom. The molecular weight excluding hydrogens is 232 g/mol. The molecular formula is C10H11ClN2O3. The van der Waals surface area contributed by atoms with Gasteiger partial charge < -0.3 is 10.1 Å². The Morgan fingerprint density at radius 3 is 2.50 bits per heavy atom. The van der Waals surface area contributed by atoms with Crippen LogP contribution in [0.3, 0.4) is 0 Å². The van der Waals surface area contributed by atoms with Gasteiger partial charge in [-0.3, -0.25) is 10.1 Å². The fourth-order valence-corrected chi connectivity index (χ4v) is 1.03. The third kappa shape index (κ3) is 4.18. The van der Waals surface area contributed by atoms with Crippen LogP contribution in [0.1, 0.15) is 0 Å². The molecule has 16 heavy (non-hydrogen) atoms. The number of hydrogen-bond donors (Lipinski definition) is 2. The first-order chi connectivity index (χ1) is 7.61. The molecule has 0 saturated heterocycles. The summed E-state index contributed by atoms with van der Waals surface area (Å²) in [5.74, 6) is -0.00856. The van der Waals surface area contributed by atoms with E-state index in [0.717, 1.165) is 0 Å². The zero-order valence-corrected chi connectivity index (χ0v) is 9.38. The summed E-state index contributed by atoms with van der Waals surface area (Å²) < 4.78 is 5.12. The Labute approximate surface area is 97.7 Å². The molecule has 0 spiro atoms. The molecule has 0 atom stereocenters. The third-order valence-electron chi connectivity index (χ3n) is 1.66. The highest BCUT2D eigenvalue weighted by Crippen LogP contribution is 2.15. The molecule has 6 heteroatoms. The zero-order chi connectivity index (χ0) is 12.0. The van der Waals surface area contributed by atoms with Crippen molar-refractivity contribution in [2.24, 2.45) is 0 Å². The van der Waals surface area contributed by atoms with E-state index in [1.165, 1.54) is 7.05 Å². The van der Waals surface area contributed by atoms with E-state index in [1.54, 1.807) is 24.3 Å². The van der Waals surface area contributed by atoms with E-state index in [4.69, 9.17) is 16.3 Å². The molecule has 0 aliphatic heterocycles. The summed E-state index contributed by atoms with van der Waals surface area (Å²) in [4.78, 5) is 21.9. The molecule has 0 fully saturated rings. The van der Waals surface area contributed by atoms with Crippen LogP contribution >= 0.6 is 11.6 Å². The molecule has 5 nitrogen and oxygen atoms in total. The number of ether oxygens (including phenoxy) is 1. The highest BCUT2D eigenvalue weighted by atomic mass is 35.5. The molecule has 1 aromatic rings. The maximum atomic E-state index is 11.1. The van der Waals surface area contributed by atoms with Gasteiger partial charge in [0.05, 0.1) is 0 Å². The van der Waals surface area contributed by atoms with Gasteiger partial charge >= 0.3 is 6.03 Å². The number of nitrogens with one attached hydrogen (secondary N) is 2. The molecule has 86 valence electrons. The van der Waals surface area contributed by atoms with Crippen LogP contribution in [-0.4, -0.2) is 25.6 Å². The molecule has 1 aromatic carbocycles. The van der Waals surface area contributed by atoms with Crippen molar-refractivity contribution in [1.82, 2.24) is 10.6 Å². The zero-order valence-electron chi connectivity index (χ0n) is 8.62. The summed E-state index contributed by atoms with van der Waals surface area (Å²) in [6, 6.07) is 6.00. The number of hydrogen-bond acceptors (Lipinski definition) is 3. The van der Waals surface area contributed by atoms with Gasteiger partial charge in [0.15, 0.2) is 6.61 Å². The first kappa shape index (κ1) is 12.3. The minimum atomic E-state index is -0.565. The second-order valence-electron chi connectivity index (χ2n) is 2.87. The van der Waals surface area contributed by atoms with Crippen molar-refractivity contribution in [2.75, 3.05) is 13.7 Å². The number of amides is 3. The van der Waals surface area contributed by atoms with Gasteiger partial charge in [-0.1, -0.05) is 11.6 Å². The second-order valence-corrected chi connectivity index (χ2v) is 3.31. The van der Waals surface area contributed by atoms with Crippen molar-refractivity contribution in [3.8, 4) is 5.75 Å².